The van der Waals surface area contributed by atoms with E-state index in [9.17, 15) is 0 Å². The van der Waals surface area contributed by atoms with Crippen molar-refractivity contribution in [2.45, 2.75) is 4.90 Å². The molecule has 2 aromatic rings. The molecule has 1 atom stereocenters. The van der Waals surface area contributed by atoms with Crippen LogP contribution in [0.4, 0.5) is 0 Å². The molecule has 0 N–H and O–H groups in total. The molecule has 0 aliphatic carbocycles. The summed E-state index contributed by atoms with van der Waals surface area (Å²) in [5.41, 5.74) is -2.39. The monoisotopic (exact) mass is 296 g/mol. The Hall–Kier alpha value is -0.800. The van der Waals surface area contributed by atoms with Crippen LogP contribution in [0.2, 0.25) is 0 Å². The van der Waals surface area contributed by atoms with E-state index >= 15 is 0 Å². The lowest BCUT2D eigenvalue weighted by molar-refractivity contribution is 0.409. The lowest BCUT2D eigenvalue weighted by atomic mass is 10.3. The summed E-state index contributed by atoms with van der Waals surface area (Å²) < 4.78 is 11.2. The molecule has 0 saturated carbocycles. The van der Waals surface area contributed by atoms with Crippen LogP contribution in [-0.4, -0.2) is 7.11 Å². The molecule has 18 heavy (non-hydrogen) atoms. The number of benzene rings is 2. The first-order valence-electron chi connectivity index (χ1n) is 5.37. The van der Waals surface area contributed by atoms with Crippen molar-refractivity contribution in [3.05, 3.63) is 60.7 Å². The van der Waals surface area contributed by atoms with E-state index in [1.54, 1.807) is 7.11 Å². The minimum absolute atomic E-state index is 0.742. The van der Waals surface area contributed by atoms with Gasteiger partial charge in [0, 0.05) is 12.0 Å². The first kappa shape index (κ1) is 13.6. The van der Waals surface area contributed by atoms with E-state index < -0.39 is 5.69 Å². The number of hydrogen-bond donors (Lipinski definition) is 0. The van der Waals surface area contributed by atoms with Crippen molar-refractivity contribution in [3.8, 4) is 5.75 Å². The van der Waals surface area contributed by atoms with Gasteiger partial charge < -0.3 is 9.05 Å². The highest BCUT2D eigenvalue weighted by molar-refractivity contribution is 8.68. The Kier molecular flexibility index (Phi) is 4.84. The highest BCUT2D eigenvalue weighted by Gasteiger charge is 2.21. The smallest absolute Gasteiger partial charge is 0.302 e. The molecular formula is C13H13O2PS2. The van der Waals surface area contributed by atoms with Crippen molar-refractivity contribution in [1.29, 1.82) is 0 Å². The Labute approximate surface area is 116 Å². The number of para-hydroxylation sites is 1. The normalized spacial score (nSPS) is 13.8. The Morgan fingerprint density at radius 1 is 0.944 bits per heavy atom. The zero-order valence-electron chi connectivity index (χ0n) is 9.85. The lowest BCUT2D eigenvalue weighted by Gasteiger charge is -2.19. The van der Waals surface area contributed by atoms with Crippen LogP contribution in [0.3, 0.4) is 0 Å². The second-order valence-electron chi connectivity index (χ2n) is 3.44. The maximum atomic E-state index is 5.82. The van der Waals surface area contributed by atoms with Crippen LogP contribution < -0.4 is 4.52 Å². The maximum Gasteiger partial charge on any atom is 0.302 e. The average Bonchev–Trinajstić information content (AvgIpc) is 2.41. The largest absolute Gasteiger partial charge is 0.436 e. The van der Waals surface area contributed by atoms with Gasteiger partial charge in [-0.25, -0.2) is 0 Å². The van der Waals surface area contributed by atoms with Crippen LogP contribution >= 0.6 is 17.1 Å². The quantitative estimate of drug-likeness (QED) is 0.742. The van der Waals surface area contributed by atoms with Crippen LogP contribution in [0.25, 0.3) is 0 Å². The van der Waals surface area contributed by atoms with Crippen LogP contribution in [0.15, 0.2) is 65.6 Å². The van der Waals surface area contributed by atoms with Gasteiger partial charge in [0.05, 0.1) is 0 Å². The first-order chi connectivity index (χ1) is 8.72. The predicted molar refractivity (Wildman–Crippen MR) is 80.7 cm³/mol. The Bertz CT molecular complexity index is 486. The van der Waals surface area contributed by atoms with Gasteiger partial charge in [0.1, 0.15) is 5.75 Å². The summed E-state index contributed by atoms with van der Waals surface area (Å²) in [6, 6.07) is 19.4. The lowest BCUT2D eigenvalue weighted by Crippen LogP contribution is -1.91. The van der Waals surface area contributed by atoms with Gasteiger partial charge in [-0.2, -0.15) is 0 Å². The fourth-order valence-corrected chi connectivity index (χ4v) is 5.18. The zero-order valence-corrected chi connectivity index (χ0v) is 12.4. The summed E-state index contributed by atoms with van der Waals surface area (Å²) in [7, 11) is 1.60. The Balaban J connectivity index is 2.14. The second kappa shape index (κ2) is 6.39. The van der Waals surface area contributed by atoms with Gasteiger partial charge in [0.2, 0.25) is 0 Å². The van der Waals surface area contributed by atoms with Gasteiger partial charge in [-0.3, -0.25) is 0 Å². The SMILES string of the molecule is COP(=S)(Oc1ccccc1)Sc1ccccc1. The van der Waals surface area contributed by atoms with Crippen molar-refractivity contribution < 1.29 is 9.05 Å². The molecule has 0 aliphatic heterocycles. The minimum Gasteiger partial charge on any atom is -0.436 e. The van der Waals surface area contributed by atoms with E-state index in [1.165, 1.54) is 11.4 Å². The third kappa shape index (κ3) is 3.85. The van der Waals surface area contributed by atoms with E-state index in [4.69, 9.17) is 20.9 Å². The fourth-order valence-electron chi connectivity index (χ4n) is 1.31. The van der Waals surface area contributed by atoms with E-state index in [2.05, 4.69) is 0 Å². The summed E-state index contributed by atoms with van der Waals surface area (Å²) >= 11 is 6.96. The molecule has 0 saturated heterocycles. The molecule has 0 aromatic heterocycles. The molecule has 0 heterocycles. The maximum absolute atomic E-state index is 5.82. The summed E-state index contributed by atoms with van der Waals surface area (Å²) in [5, 5.41) is 0. The molecule has 2 aromatic carbocycles. The van der Waals surface area contributed by atoms with Crippen LogP contribution in [0.5, 0.6) is 5.75 Å². The molecule has 0 bridgehead atoms. The van der Waals surface area contributed by atoms with Gasteiger partial charge in [0.15, 0.2) is 0 Å². The predicted octanol–water partition coefficient (Wildman–Crippen LogP) is 4.73. The second-order valence-corrected chi connectivity index (χ2v) is 9.66. The number of hydrogen-bond acceptors (Lipinski definition) is 4. The van der Waals surface area contributed by atoms with Gasteiger partial charge in [-0.05, 0) is 47.5 Å². The van der Waals surface area contributed by atoms with Crippen LogP contribution in [0, 0.1) is 0 Å². The molecule has 2 rings (SSSR count). The van der Waals surface area contributed by atoms with Crippen molar-refractivity contribution in [3.63, 3.8) is 0 Å². The standard InChI is InChI=1S/C13H13O2PS2/c1-14-16(17,15-12-8-4-2-5-9-12)18-13-10-6-3-7-11-13/h2-11H,1H3. The van der Waals surface area contributed by atoms with Gasteiger partial charge in [-0.1, -0.05) is 36.4 Å². The summed E-state index contributed by atoms with van der Waals surface area (Å²) in [4.78, 5) is 1.05. The molecule has 94 valence electrons. The summed E-state index contributed by atoms with van der Waals surface area (Å²) in [6.45, 7) is 0. The third-order valence-electron chi connectivity index (χ3n) is 2.14. The molecule has 0 spiro atoms. The highest BCUT2D eigenvalue weighted by atomic mass is 32.9. The van der Waals surface area contributed by atoms with E-state index in [1.807, 2.05) is 60.7 Å². The molecule has 0 aliphatic rings. The fraction of sp³-hybridized carbons (Fsp3) is 0.0769. The minimum atomic E-state index is -2.39. The van der Waals surface area contributed by atoms with Gasteiger partial charge in [0.25, 0.3) is 0 Å². The van der Waals surface area contributed by atoms with E-state index in [0.29, 0.717) is 0 Å². The van der Waals surface area contributed by atoms with Crippen molar-refractivity contribution in [2.75, 3.05) is 7.11 Å². The number of rotatable bonds is 5. The molecule has 1 unspecified atom stereocenters. The molecule has 0 fully saturated rings. The van der Waals surface area contributed by atoms with E-state index in [0.717, 1.165) is 10.6 Å². The first-order valence-corrected chi connectivity index (χ1v) is 9.43. The third-order valence-corrected chi connectivity index (χ3v) is 7.05. The van der Waals surface area contributed by atoms with Gasteiger partial charge >= 0.3 is 5.69 Å². The van der Waals surface area contributed by atoms with Crippen LogP contribution in [-0.2, 0) is 16.3 Å². The summed E-state index contributed by atoms with van der Waals surface area (Å²) in [6.07, 6.45) is 0. The van der Waals surface area contributed by atoms with Crippen molar-refractivity contribution >= 4 is 28.9 Å². The topological polar surface area (TPSA) is 18.5 Å². The zero-order chi connectivity index (χ0) is 12.8. The molecule has 2 nitrogen and oxygen atoms in total. The molecule has 5 heteroatoms. The Morgan fingerprint density at radius 3 is 2.06 bits per heavy atom. The average molecular weight is 296 g/mol. The molecule has 0 radical (unpaired) electrons. The Morgan fingerprint density at radius 2 is 1.50 bits per heavy atom. The van der Waals surface area contributed by atoms with E-state index in [-0.39, 0.29) is 0 Å². The highest BCUT2D eigenvalue weighted by Crippen LogP contribution is 2.62. The molecular weight excluding hydrogens is 283 g/mol. The van der Waals surface area contributed by atoms with Gasteiger partial charge in [-0.15, -0.1) is 0 Å². The summed E-state index contributed by atoms with van der Waals surface area (Å²) in [5.74, 6) is 0.742. The van der Waals surface area contributed by atoms with Crippen molar-refractivity contribution in [2.24, 2.45) is 0 Å². The van der Waals surface area contributed by atoms with Crippen LogP contribution in [0.1, 0.15) is 0 Å². The van der Waals surface area contributed by atoms with Crippen molar-refractivity contribution in [1.82, 2.24) is 0 Å². The molecule has 0 amide bonds.